The Hall–Kier alpha value is -2.04. The number of carbonyl (C=O) groups is 2. The summed E-state index contributed by atoms with van der Waals surface area (Å²) in [4.78, 5) is 22.7. The van der Waals surface area contributed by atoms with Crippen LogP contribution in [0.5, 0.6) is 0 Å². The van der Waals surface area contributed by atoms with E-state index in [1.54, 1.807) is 6.92 Å². The predicted octanol–water partition coefficient (Wildman–Crippen LogP) is 1.48. The molecule has 1 aromatic carbocycles. The molecule has 3 rings (SSSR count). The van der Waals surface area contributed by atoms with Gasteiger partial charge in [-0.25, -0.2) is 12.8 Å². The standard InChI is InChI=1S/C18H25FN2O4S.CH2O2/c1-13-4-5-14(19)10-16(13)26(23,24)21-8-6-18(7-9-21)11-15(12-20(2)3)25-17(18)22;2-1-3/h4-5,10,15H,6-9,11-12H2,1-3H3;1H,(H,2,3). The van der Waals surface area contributed by atoms with Crippen LogP contribution in [0.2, 0.25) is 0 Å². The van der Waals surface area contributed by atoms with Gasteiger partial charge >= 0.3 is 5.97 Å². The van der Waals surface area contributed by atoms with Crippen LogP contribution >= 0.6 is 0 Å². The molecule has 2 aliphatic heterocycles. The zero-order valence-electron chi connectivity index (χ0n) is 16.8. The second kappa shape index (κ2) is 9.19. The van der Waals surface area contributed by atoms with Crippen molar-refractivity contribution in [3.8, 4) is 0 Å². The lowest BCUT2D eigenvalue weighted by atomic mass is 9.76. The SMILES string of the molecule is Cc1ccc(F)cc1S(=O)(=O)N1CCC2(CC1)CC(CN(C)C)OC2=O.O=CO. The van der Waals surface area contributed by atoms with E-state index in [9.17, 15) is 17.6 Å². The van der Waals surface area contributed by atoms with Crippen LogP contribution in [0.1, 0.15) is 24.8 Å². The van der Waals surface area contributed by atoms with Gasteiger partial charge in [0.15, 0.2) is 0 Å². The van der Waals surface area contributed by atoms with Gasteiger partial charge in [0.1, 0.15) is 11.9 Å². The highest BCUT2D eigenvalue weighted by molar-refractivity contribution is 7.89. The van der Waals surface area contributed by atoms with E-state index in [0.29, 0.717) is 31.4 Å². The maximum Gasteiger partial charge on any atom is 0.312 e. The lowest BCUT2D eigenvalue weighted by Gasteiger charge is -2.36. The summed E-state index contributed by atoms with van der Waals surface area (Å²) >= 11 is 0. The number of aryl methyl sites for hydroxylation is 1. The summed E-state index contributed by atoms with van der Waals surface area (Å²) in [7, 11) is 0.0734. The number of sulfonamides is 1. The Labute approximate surface area is 170 Å². The van der Waals surface area contributed by atoms with Crippen molar-refractivity contribution in [3.05, 3.63) is 29.6 Å². The number of likely N-dealkylation sites (N-methyl/N-ethyl adjacent to an activating group) is 1. The first-order valence-electron chi connectivity index (χ1n) is 9.26. The van der Waals surface area contributed by atoms with Crippen molar-refractivity contribution in [2.45, 2.75) is 37.2 Å². The van der Waals surface area contributed by atoms with Gasteiger partial charge in [-0.3, -0.25) is 9.59 Å². The molecule has 1 spiro atoms. The minimum atomic E-state index is -3.78. The number of nitrogens with zero attached hydrogens (tertiary/aromatic N) is 2. The molecule has 0 aromatic heterocycles. The molecule has 2 saturated heterocycles. The lowest BCUT2D eigenvalue weighted by molar-refractivity contribution is -0.150. The van der Waals surface area contributed by atoms with Crippen LogP contribution < -0.4 is 0 Å². The number of carboxylic acid groups (broad SMARTS) is 1. The van der Waals surface area contributed by atoms with Crippen LogP contribution in [0, 0.1) is 18.2 Å². The van der Waals surface area contributed by atoms with E-state index >= 15 is 0 Å². The third-order valence-electron chi connectivity index (χ3n) is 5.34. The number of halogens is 1. The smallest absolute Gasteiger partial charge is 0.312 e. The maximum absolute atomic E-state index is 13.5. The van der Waals surface area contributed by atoms with E-state index in [0.717, 1.165) is 6.07 Å². The summed E-state index contributed by atoms with van der Waals surface area (Å²) in [5.41, 5.74) is -0.0815. The molecule has 1 unspecified atom stereocenters. The quantitative estimate of drug-likeness (QED) is 0.570. The average molecular weight is 430 g/mol. The van der Waals surface area contributed by atoms with Crippen LogP contribution in [0.25, 0.3) is 0 Å². The Bertz CT molecular complexity index is 850. The average Bonchev–Trinajstić information content (AvgIpc) is 2.92. The molecule has 0 amide bonds. The fourth-order valence-electron chi connectivity index (χ4n) is 3.90. The lowest BCUT2D eigenvalue weighted by Crippen LogP contribution is -2.45. The zero-order chi connectivity index (χ0) is 21.8. The molecule has 0 radical (unpaired) electrons. The summed E-state index contributed by atoms with van der Waals surface area (Å²) in [6, 6.07) is 3.78. The first-order chi connectivity index (χ1) is 13.6. The normalized spacial score (nSPS) is 21.6. The molecule has 0 aliphatic carbocycles. The summed E-state index contributed by atoms with van der Waals surface area (Å²) in [6.45, 7) is 2.54. The van der Waals surface area contributed by atoms with Crippen molar-refractivity contribution < 1.29 is 32.2 Å². The molecule has 1 aromatic rings. The van der Waals surface area contributed by atoms with Gasteiger partial charge in [-0.2, -0.15) is 4.31 Å². The number of hydrogen-bond acceptors (Lipinski definition) is 6. The molecule has 0 saturated carbocycles. The first-order valence-corrected chi connectivity index (χ1v) is 10.7. The van der Waals surface area contributed by atoms with Crippen LogP contribution in [0.4, 0.5) is 4.39 Å². The second-order valence-electron chi connectivity index (χ2n) is 7.69. The molecule has 0 bridgehead atoms. The van der Waals surface area contributed by atoms with Gasteiger partial charge in [0.25, 0.3) is 6.47 Å². The summed E-state index contributed by atoms with van der Waals surface area (Å²) in [6.07, 6.45) is 1.34. The van der Waals surface area contributed by atoms with Crippen LogP contribution in [0.15, 0.2) is 23.1 Å². The number of piperidine rings is 1. The van der Waals surface area contributed by atoms with Gasteiger partial charge in [0, 0.05) is 26.1 Å². The predicted molar refractivity (Wildman–Crippen MR) is 103 cm³/mol. The van der Waals surface area contributed by atoms with Gasteiger partial charge < -0.3 is 14.7 Å². The van der Waals surface area contributed by atoms with Gasteiger partial charge in [0.05, 0.1) is 10.3 Å². The van der Waals surface area contributed by atoms with Gasteiger partial charge in [-0.05, 0) is 51.6 Å². The number of rotatable bonds is 4. The van der Waals surface area contributed by atoms with Crippen LogP contribution in [0.3, 0.4) is 0 Å². The minimum absolute atomic E-state index is 0.00654. The van der Waals surface area contributed by atoms with E-state index in [2.05, 4.69) is 0 Å². The molecular formula is C19H27FN2O6S. The Morgan fingerprint density at radius 1 is 1.34 bits per heavy atom. The number of cyclic esters (lactones) is 1. The van der Waals surface area contributed by atoms with Crippen LogP contribution in [-0.4, -0.2) is 75.0 Å². The number of carbonyl (C=O) groups excluding carboxylic acids is 1. The van der Waals surface area contributed by atoms with E-state index in [-0.39, 0.29) is 36.5 Å². The van der Waals surface area contributed by atoms with Crippen LogP contribution in [-0.2, 0) is 24.3 Å². The molecular weight excluding hydrogens is 403 g/mol. The highest BCUT2D eigenvalue weighted by Gasteiger charge is 2.51. The number of benzene rings is 1. The Morgan fingerprint density at radius 3 is 2.48 bits per heavy atom. The molecule has 2 fully saturated rings. The Balaban J connectivity index is 0.000000941. The second-order valence-corrected chi connectivity index (χ2v) is 9.60. The van der Waals surface area contributed by atoms with Gasteiger partial charge in [-0.15, -0.1) is 0 Å². The monoisotopic (exact) mass is 430 g/mol. The fourth-order valence-corrected chi connectivity index (χ4v) is 5.58. The summed E-state index contributed by atoms with van der Waals surface area (Å²) < 4.78 is 46.2. The molecule has 2 aliphatic rings. The largest absolute Gasteiger partial charge is 0.483 e. The van der Waals surface area contributed by atoms with E-state index in [1.165, 1.54) is 16.4 Å². The highest BCUT2D eigenvalue weighted by Crippen LogP contribution is 2.44. The minimum Gasteiger partial charge on any atom is -0.483 e. The highest BCUT2D eigenvalue weighted by atomic mass is 32.2. The van der Waals surface area contributed by atoms with Crippen molar-refractivity contribution in [1.82, 2.24) is 9.21 Å². The van der Waals surface area contributed by atoms with Gasteiger partial charge in [-0.1, -0.05) is 6.07 Å². The fraction of sp³-hybridized carbons (Fsp3) is 0.579. The molecule has 10 heteroatoms. The zero-order valence-corrected chi connectivity index (χ0v) is 17.6. The van der Waals surface area contributed by atoms with Crippen molar-refractivity contribution in [3.63, 3.8) is 0 Å². The molecule has 1 atom stereocenters. The third-order valence-corrected chi connectivity index (χ3v) is 7.38. The third kappa shape index (κ3) is 5.12. The maximum atomic E-state index is 13.5. The number of esters is 1. The number of ether oxygens (including phenoxy) is 1. The van der Waals surface area contributed by atoms with Crippen molar-refractivity contribution in [2.24, 2.45) is 5.41 Å². The Kier molecular flexibility index (Phi) is 7.36. The summed E-state index contributed by atoms with van der Waals surface area (Å²) in [5.74, 6) is -0.795. The summed E-state index contributed by atoms with van der Waals surface area (Å²) in [5, 5.41) is 6.89. The van der Waals surface area contributed by atoms with E-state index in [4.69, 9.17) is 14.6 Å². The first kappa shape index (κ1) is 23.2. The molecule has 1 N–H and O–H groups in total. The molecule has 162 valence electrons. The molecule has 8 nitrogen and oxygen atoms in total. The van der Waals surface area contributed by atoms with Crippen molar-refractivity contribution in [2.75, 3.05) is 33.7 Å². The molecule has 2 heterocycles. The Morgan fingerprint density at radius 2 is 1.93 bits per heavy atom. The number of hydrogen-bond donors (Lipinski definition) is 1. The van der Waals surface area contributed by atoms with Gasteiger partial charge in [0.2, 0.25) is 10.0 Å². The van der Waals surface area contributed by atoms with E-state index in [1.807, 2.05) is 19.0 Å². The van der Waals surface area contributed by atoms with Crippen molar-refractivity contribution >= 4 is 22.5 Å². The topological polar surface area (TPSA) is 104 Å². The van der Waals surface area contributed by atoms with E-state index < -0.39 is 21.3 Å². The molecule has 29 heavy (non-hydrogen) atoms. The van der Waals surface area contributed by atoms with Crippen molar-refractivity contribution in [1.29, 1.82) is 0 Å².